The smallest absolute Gasteiger partial charge is 0.239 e. The van der Waals surface area contributed by atoms with Gasteiger partial charge in [0.2, 0.25) is 5.91 Å². The van der Waals surface area contributed by atoms with Crippen molar-refractivity contribution in [1.82, 2.24) is 5.32 Å². The molecule has 0 saturated heterocycles. The molecule has 5 heteroatoms. The highest BCUT2D eigenvalue weighted by Crippen LogP contribution is 2.11. The maximum atomic E-state index is 11.6. The number of hydrogen-bond donors (Lipinski definition) is 3. The molecule has 94 valence electrons. The van der Waals surface area contributed by atoms with Gasteiger partial charge in [-0.15, -0.1) is 0 Å². The number of hydrogen-bond acceptors (Lipinski definition) is 4. The molecule has 0 aliphatic heterocycles. The molecule has 0 radical (unpaired) electrons. The molecular formula is C12H18N2O3. The lowest BCUT2D eigenvalue weighted by atomic mass is 10.1. The number of carbonyl (C=O) groups excluding carboxylic acids is 1. The molecule has 0 saturated carbocycles. The second-order valence-electron chi connectivity index (χ2n) is 3.72. The molecule has 1 aromatic carbocycles. The van der Waals surface area contributed by atoms with Gasteiger partial charge in [0, 0.05) is 7.11 Å². The summed E-state index contributed by atoms with van der Waals surface area (Å²) in [5.74, 6) is -0.338. The summed E-state index contributed by atoms with van der Waals surface area (Å²) >= 11 is 0. The number of aliphatic hydroxyl groups is 1. The number of benzene rings is 1. The zero-order valence-corrected chi connectivity index (χ0v) is 9.80. The number of ether oxygens (including phenoxy) is 1. The van der Waals surface area contributed by atoms with Gasteiger partial charge in [0.15, 0.2) is 0 Å². The van der Waals surface area contributed by atoms with Crippen molar-refractivity contribution in [1.29, 1.82) is 0 Å². The molecular weight excluding hydrogens is 220 g/mol. The summed E-state index contributed by atoms with van der Waals surface area (Å²) in [5, 5.41) is 11.9. The fourth-order valence-electron chi connectivity index (χ4n) is 1.45. The largest absolute Gasteiger partial charge is 0.394 e. The first-order valence-corrected chi connectivity index (χ1v) is 5.39. The van der Waals surface area contributed by atoms with Gasteiger partial charge in [0.05, 0.1) is 19.3 Å². The fourth-order valence-corrected chi connectivity index (χ4v) is 1.45. The van der Waals surface area contributed by atoms with Crippen LogP contribution in [0.4, 0.5) is 0 Å². The first-order chi connectivity index (χ1) is 8.19. The molecule has 0 aromatic heterocycles. The number of nitrogens with two attached hydrogens (primary N) is 1. The molecule has 0 aliphatic rings. The van der Waals surface area contributed by atoms with Gasteiger partial charge in [-0.05, 0) is 5.56 Å². The molecule has 0 spiro atoms. The van der Waals surface area contributed by atoms with Crippen LogP contribution >= 0.6 is 0 Å². The van der Waals surface area contributed by atoms with Gasteiger partial charge < -0.3 is 20.9 Å². The van der Waals surface area contributed by atoms with Gasteiger partial charge in [-0.3, -0.25) is 4.79 Å². The van der Waals surface area contributed by atoms with E-state index in [0.717, 1.165) is 5.56 Å². The van der Waals surface area contributed by atoms with Crippen molar-refractivity contribution in [3.05, 3.63) is 35.9 Å². The van der Waals surface area contributed by atoms with E-state index in [-0.39, 0.29) is 19.1 Å². The van der Waals surface area contributed by atoms with E-state index in [0.29, 0.717) is 0 Å². The standard InChI is InChI=1S/C12H18N2O3/c1-17-8-10(13)12(16)14-11(7-15)9-5-3-2-4-6-9/h2-6,10-11,15H,7-8,13H2,1H3,(H,14,16)/t10?,11-/m0/s1. The Morgan fingerprint density at radius 2 is 2.12 bits per heavy atom. The number of amides is 1. The van der Waals surface area contributed by atoms with Crippen molar-refractivity contribution in [3.63, 3.8) is 0 Å². The second-order valence-corrected chi connectivity index (χ2v) is 3.72. The van der Waals surface area contributed by atoms with E-state index in [9.17, 15) is 9.90 Å². The van der Waals surface area contributed by atoms with E-state index >= 15 is 0 Å². The summed E-state index contributed by atoms with van der Waals surface area (Å²) in [4.78, 5) is 11.6. The zero-order chi connectivity index (χ0) is 12.7. The number of carbonyl (C=O) groups is 1. The van der Waals surface area contributed by atoms with Crippen molar-refractivity contribution < 1.29 is 14.6 Å². The van der Waals surface area contributed by atoms with Gasteiger partial charge in [0.25, 0.3) is 0 Å². The minimum atomic E-state index is -0.724. The summed E-state index contributed by atoms with van der Waals surface area (Å²) in [6.07, 6.45) is 0. The van der Waals surface area contributed by atoms with Crippen molar-refractivity contribution >= 4 is 5.91 Å². The Balaban J connectivity index is 2.62. The molecule has 1 amide bonds. The van der Waals surface area contributed by atoms with Gasteiger partial charge in [0.1, 0.15) is 6.04 Å². The molecule has 1 unspecified atom stereocenters. The molecule has 17 heavy (non-hydrogen) atoms. The summed E-state index contributed by atoms with van der Waals surface area (Å²) in [5.41, 5.74) is 6.43. The minimum absolute atomic E-state index is 0.152. The normalized spacial score (nSPS) is 14.1. The molecule has 0 fully saturated rings. The fraction of sp³-hybridized carbons (Fsp3) is 0.417. The predicted octanol–water partition coefficient (Wildman–Crippen LogP) is -0.190. The van der Waals surface area contributed by atoms with Crippen LogP contribution in [0.25, 0.3) is 0 Å². The SMILES string of the molecule is COCC(N)C(=O)N[C@@H](CO)c1ccccc1. The number of nitrogens with one attached hydrogen (secondary N) is 1. The van der Waals surface area contributed by atoms with Crippen LogP contribution in [0.1, 0.15) is 11.6 Å². The van der Waals surface area contributed by atoms with Crippen molar-refractivity contribution in [2.75, 3.05) is 20.3 Å². The van der Waals surface area contributed by atoms with Crippen LogP contribution in [-0.4, -0.2) is 37.4 Å². The van der Waals surface area contributed by atoms with Crippen molar-refractivity contribution in [2.24, 2.45) is 5.73 Å². The average Bonchev–Trinajstić information content (AvgIpc) is 2.37. The Morgan fingerprint density at radius 3 is 2.65 bits per heavy atom. The van der Waals surface area contributed by atoms with Crippen LogP contribution in [0, 0.1) is 0 Å². The Kier molecular flexibility index (Phi) is 5.62. The van der Waals surface area contributed by atoms with Gasteiger partial charge >= 0.3 is 0 Å². The van der Waals surface area contributed by atoms with E-state index in [1.54, 1.807) is 0 Å². The highest BCUT2D eigenvalue weighted by molar-refractivity contribution is 5.82. The Hall–Kier alpha value is -1.43. The van der Waals surface area contributed by atoms with Crippen LogP contribution in [0.15, 0.2) is 30.3 Å². The van der Waals surface area contributed by atoms with E-state index in [1.165, 1.54) is 7.11 Å². The van der Waals surface area contributed by atoms with Crippen molar-refractivity contribution in [2.45, 2.75) is 12.1 Å². The van der Waals surface area contributed by atoms with Gasteiger partial charge in [-0.1, -0.05) is 30.3 Å². The van der Waals surface area contributed by atoms with E-state index in [1.807, 2.05) is 30.3 Å². The third-order valence-corrected chi connectivity index (χ3v) is 2.38. The third-order valence-electron chi connectivity index (χ3n) is 2.38. The van der Waals surface area contributed by atoms with Crippen LogP contribution < -0.4 is 11.1 Å². The van der Waals surface area contributed by atoms with E-state index in [4.69, 9.17) is 10.5 Å². The topological polar surface area (TPSA) is 84.6 Å². The molecule has 1 aromatic rings. The maximum Gasteiger partial charge on any atom is 0.239 e. The molecule has 4 N–H and O–H groups in total. The van der Waals surface area contributed by atoms with Crippen molar-refractivity contribution in [3.8, 4) is 0 Å². The molecule has 0 bridgehead atoms. The molecule has 0 heterocycles. The Bertz CT molecular complexity index is 343. The number of rotatable bonds is 6. The molecule has 5 nitrogen and oxygen atoms in total. The summed E-state index contributed by atoms with van der Waals surface area (Å²) in [6.45, 7) is -0.0196. The zero-order valence-electron chi connectivity index (χ0n) is 9.80. The lowest BCUT2D eigenvalue weighted by molar-refractivity contribution is -0.124. The van der Waals surface area contributed by atoms with Crippen LogP contribution in [-0.2, 0) is 9.53 Å². The molecule has 2 atom stereocenters. The number of methoxy groups -OCH3 is 1. The third kappa shape index (κ3) is 4.14. The first-order valence-electron chi connectivity index (χ1n) is 5.39. The highest BCUT2D eigenvalue weighted by atomic mass is 16.5. The predicted molar refractivity (Wildman–Crippen MR) is 64.3 cm³/mol. The first kappa shape index (κ1) is 13.6. The quantitative estimate of drug-likeness (QED) is 0.641. The summed E-state index contributed by atoms with van der Waals surface area (Å²) in [6, 6.07) is 8.07. The second kappa shape index (κ2) is 7.01. The lowest BCUT2D eigenvalue weighted by Crippen LogP contribution is -2.45. The maximum absolute atomic E-state index is 11.6. The van der Waals surface area contributed by atoms with Crippen LogP contribution in [0.5, 0.6) is 0 Å². The Morgan fingerprint density at radius 1 is 1.47 bits per heavy atom. The average molecular weight is 238 g/mol. The van der Waals surface area contributed by atoms with Gasteiger partial charge in [-0.25, -0.2) is 0 Å². The molecule has 1 rings (SSSR count). The summed E-state index contributed by atoms with van der Waals surface area (Å²) < 4.78 is 4.80. The highest BCUT2D eigenvalue weighted by Gasteiger charge is 2.18. The molecule has 0 aliphatic carbocycles. The monoisotopic (exact) mass is 238 g/mol. The summed E-state index contributed by atoms with van der Waals surface area (Å²) in [7, 11) is 1.48. The number of aliphatic hydroxyl groups excluding tert-OH is 1. The van der Waals surface area contributed by atoms with E-state index in [2.05, 4.69) is 5.32 Å². The Labute approximate surface area is 101 Å². The van der Waals surface area contributed by atoms with Crippen LogP contribution in [0.2, 0.25) is 0 Å². The van der Waals surface area contributed by atoms with Crippen LogP contribution in [0.3, 0.4) is 0 Å². The lowest BCUT2D eigenvalue weighted by Gasteiger charge is -2.19. The van der Waals surface area contributed by atoms with E-state index < -0.39 is 12.1 Å². The van der Waals surface area contributed by atoms with Gasteiger partial charge in [-0.2, -0.15) is 0 Å². The minimum Gasteiger partial charge on any atom is -0.394 e.